The fraction of sp³-hybridized carbons (Fsp3) is 0.154. The van der Waals surface area contributed by atoms with Crippen LogP contribution in [0.5, 0.6) is 0 Å². The van der Waals surface area contributed by atoms with Crippen molar-refractivity contribution in [1.82, 2.24) is 0 Å². The lowest BCUT2D eigenvalue weighted by Gasteiger charge is -2.28. The summed E-state index contributed by atoms with van der Waals surface area (Å²) in [6.07, 6.45) is -1.52. The summed E-state index contributed by atoms with van der Waals surface area (Å²) >= 11 is 3.39. The van der Waals surface area contributed by atoms with E-state index in [0.29, 0.717) is 5.56 Å². The maximum absolute atomic E-state index is 12.7. The molecule has 0 saturated heterocycles. The highest BCUT2D eigenvalue weighted by Gasteiger charge is 2.35. The molecular formula is C26H22BrNO6. The molecule has 3 atom stereocenters. The van der Waals surface area contributed by atoms with Crippen LogP contribution in [-0.4, -0.2) is 47.8 Å². The van der Waals surface area contributed by atoms with Crippen molar-refractivity contribution in [1.29, 1.82) is 5.41 Å². The average molecular weight is 524 g/mol. The maximum atomic E-state index is 12.7. The second kappa shape index (κ2) is 12.5. The van der Waals surface area contributed by atoms with Crippen LogP contribution in [0.25, 0.3) is 0 Å². The number of ether oxygens (including phenoxy) is 3. The first kappa shape index (κ1) is 24.9. The minimum absolute atomic E-state index is 0.201. The Balaban J connectivity index is 1.76. The molecule has 0 aliphatic heterocycles. The maximum Gasteiger partial charge on any atom is 0.338 e. The van der Waals surface area contributed by atoms with E-state index in [-0.39, 0.29) is 17.7 Å². The molecule has 0 amide bonds. The molecule has 0 bridgehead atoms. The van der Waals surface area contributed by atoms with Crippen LogP contribution < -0.4 is 0 Å². The van der Waals surface area contributed by atoms with E-state index in [4.69, 9.17) is 19.6 Å². The highest BCUT2D eigenvalue weighted by Crippen LogP contribution is 2.20. The molecule has 34 heavy (non-hydrogen) atoms. The smallest absolute Gasteiger partial charge is 0.338 e. The van der Waals surface area contributed by atoms with Gasteiger partial charge in [0.1, 0.15) is 6.61 Å². The zero-order valence-electron chi connectivity index (χ0n) is 18.0. The number of halogens is 1. The Morgan fingerprint density at radius 2 is 1.12 bits per heavy atom. The summed E-state index contributed by atoms with van der Waals surface area (Å²) in [5, 5.41) is 7.82. The first-order chi connectivity index (χ1) is 16.5. The van der Waals surface area contributed by atoms with Crippen LogP contribution in [0.2, 0.25) is 0 Å². The lowest BCUT2D eigenvalue weighted by Crippen LogP contribution is -2.44. The van der Waals surface area contributed by atoms with Gasteiger partial charge in [0.25, 0.3) is 0 Å². The highest BCUT2D eigenvalue weighted by atomic mass is 79.9. The third-order valence-electron chi connectivity index (χ3n) is 4.73. The van der Waals surface area contributed by atoms with E-state index < -0.39 is 34.9 Å². The standard InChI is InChI=1S/C26H22BrNO6/c27-21(17-32-24(29)18-10-4-1-5-11-18)23(34-26(31)20-14-8-3-9-15-20)22(16-28)33-25(30)19-12-6-2-7-13-19/h1-16,21-23,28H,17H2/t21-,22-,23+/m0/s1. The molecular weight excluding hydrogens is 502 g/mol. The van der Waals surface area contributed by atoms with Gasteiger partial charge in [0.2, 0.25) is 0 Å². The number of esters is 3. The fourth-order valence-electron chi connectivity index (χ4n) is 2.98. The molecule has 0 radical (unpaired) electrons. The topological polar surface area (TPSA) is 103 Å². The zero-order chi connectivity index (χ0) is 24.3. The Labute approximate surface area is 205 Å². The van der Waals surface area contributed by atoms with E-state index in [0.717, 1.165) is 6.21 Å². The molecule has 174 valence electrons. The Morgan fingerprint density at radius 1 is 0.706 bits per heavy atom. The molecule has 7 nitrogen and oxygen atoms in total. The van der Waals surface area contributed by atoms with Crippen molar-refractivity contribution in [2.45, 2.75) is 17.0 Å². The van der Waals surface area contributed by atoms with Crippen LogP contribution >= 0.6 is 15.9 Å². The van der Waals surface area contributed by atoms with Crippen LogP contribution in [0.3, 0.4) is 0 Å². The van der Waals surface area contributed by atoms with Crippen LogP contribution in [0.4, 0.5) is 0 Å². The molecule has 8 heteroatoms. The van der Waals surface area contributed by atoms with Gasteiger partial charge in [-0.3, -0.25) is 0 Å². The molecule has 0 aromatic heterocycles. The van der Waals surface area contributed by atoms with Crippen molar-refractivity contribution in [2.75, 3.05) is 6.61 Å². The third kappa shape index (κ3) is 6.86. The van der Waals surface area contributed by atoms with Crippen molar-refractivity contribution >= 4 is 40.1 Å². The molecule has 0 unspecified atom stereocenters. The van der Waals surface area contributed by atoms with Crippen LogP contribution in [-0.2, 0) is 14.2 Å². The van der Waals surface area contributed by atoms with Crippen LogP contribution in [0, 0.1) is 5.41 Å². The second-order valence-corrected chi connectivity index (χ2v) is 8.30. The highest BCUT2D eigenvalue weighted by molar-refractivity contribution is 9.09. The normalized spacial score (nSPS) is 13.1. The van der Waals surface area contributed by atoms with Gasteiger partial charge in [-0.1, -0.05) is 70.5 Å². The lowest BCUT2D eigenvalue weighted by molar-refractivity contribution is -0.0203. The van der Waals surface area contributed by atoms with Gasteiger partial charge >= 0.3 is 17.9 Å². The van der Waals surface area contributed by atoms with Gasteiger partial charge in [0.05, 0.1) is 21.5 Å². The summed E-state index contributed by atoms with van der Waals surface area (Å²) in [5.41, 5.74) is 0.926. The molecule has 0 fully saturated rings. The number of carbonyl (C=O) groups is 3. The van der Waals surface area contributed by atoms with E-state index in [1.54, 1.807) is 91.0 Å². The summed E-state index contributed by atoms with van der Waals surface area (Å²) < 4.78 is 16.4. The third-order valence-corrected chi connectivity index (χ3v) is 5.52. The number of nitrogens with one attached hydrogen (secondary N) is 1. The second-order valence-electron chi connectivity index (χ2n) is 7.12. The molecule has 3 aromatic rings. The summed E-state index contributed by atoms with van der Waals surface area (Å²) in [6, 6.07) is 25.0. The first-order valence-electron chi connectivity index (χ1n) is 10.4. The van der Waals surface area contributed by atoms with E-state index in [9.17, 15) is 14.4 Å². The zero-order valence-corrected chi connectivity index (χ0v) is 19.6. The van der Waals surface area contributed by atoms with Gasteiger partial charge in [-0.2, -0.15) is 0 Å². The Hall–Kier alpha value is -3.78. The van der Waals surface area contributed by atoms with Crippen molar-refractivity contribution in [3.05, 3.63) is 108 Å². The molecule has 0 heterocycles. The van der Waals surface area contributed by atoms with Crippen molar-refractivity contribution < 1.29 is 28.6 Å². The average Bonchev–Trinajstić information content (AvgIpc) is 2.90. The number of rotatable bonds is 10. The van der Waals surface area contributed by atoms with Crippen molar-refractivity contribution in [3.8, 4) is 0 Å². The molecule has 3 aromatic carbocycles. The number of benzene rings is 3. The number of alkyl halides is 1. The van der Waals surface area contributed by atoms with Gasteiger partial charge < -0.3 is 19.6 Å². The van der Waals surface area contributed by atoms with Gasteiger partial charge in [-0.05, 0) is 36.4 Å². The predicted molar refractivity (Wildman–Crippen MR) is 130 cm³/mol. The molecule has 1 N–H and O–H groups in total. The minimum atomic E-state index is -1.24. The van der Waals surface area contributed by atoms with Crippen molar-refractivity contribution in [2.24, 2.45) is 0 Å². The van der Waals surface area contributed by atoms with E-state index in [2.05, 4.69) is 15.9 Å². The Kier molecular flexibility index (Phi) is 9.11. The van der Waals surface area contributed by atoms with Crippen molar-refractivity contribution in [3.63, 3.8) is 0 Å². The summed E-state index contributed by atoms with van der Waals surface area (Å²) in [4.78, 5) is 36.9. The molecule has 3 rings (SSSR count). The van der Waals surface area contributed by atoms with Crippen LogP contribution in [0.1, 0.15) is 31.1 Å². The van der Waals surface area contributed by atoms with Gasteiger partial charge in [-0.25, -0.2) is 14.4 Å². The molecule has 0 aliphatic rings. The molecule has 0 saturated carbocycles. The molecule has 0 aliphatic carbocycles. The number of carbonyl (C=O) groups excluding carboxylic acids is 3. The minimum Gasteiger partial charge on any atom is -0.461 e. The first-order valence-corrected chi connectivity index (χ1v) is 11.3. The number of hydrogen-bond donors (Lipinski definition) is 1. The summed E-state index contributed by atoms with van der Waals surface area (Å²) in [6.45, 7) is -0.201. The quantitative estimate of drug-likeness (QED) is 0.178. The van der Waals surface area contributed by atoms with E-state index in [1.165, 1.54) is 0 Å². The van der Waals surface area contributed by atoms with Gasteiger partial charge in [-0.15, -0.1) is 0 Å². The lowest BCUT2D eigenvalue weighted by atomic mass is 10.1. The fourth-order valence-corrected chi connectivity index (χ4v) is 3.52. The Bertz CT molecular complexity index is 1110. The monoisotopic (exact) mass is 523 g/mol. The largest absolute Gasteiger partial charge is 0.461 e. The van der Waals surface area contributed by atoms with E-state index >= 15 is 0 Å². The summed E-state index contributed by atoms with van der Waals surface area (Å²) in [5.74, 6) is -1.92. The van der Waals surface area contributed by atoms with Crippen LogP contribution in [0.15, 0.2) is 91.0 Å². The van der Waals surface area contributed by atoms with E-state index in [1.807, 2.05) is 0 Å². The Morgan fingerprint density at radius 3 is 1.56 bits per heavy atom. The summed E-state index contributed by atoms with van der Waals surface area (Å²) in [7, 11) is 0. The number of hydrogen-bond acceptors (Lipinski definition) is 7. The molecule has 0 spiro atoms. The SMILES string of the molecule is N=C[C@H](OC(=O)c1ccccc1)[C@H](OC(=O)c1ccccc1)[C@@H](Br)COC(=O)c1ccccc1. The van der Waals surface area contributed by atoms with Gasteiger partial charge in [0.15, 0.2) is 12.2 Å². The van der Waals surface area contributed by atoms with Gasteiger partial charge in [0, 0.05) is 6.21 Å². The predicted octanol–water partition coefficient (Wildman–Crippen LogP) is 4.71.